The fourth-order valence-electron chi connectivity index (χ4n) is 3.17. The van der Waals surface area contributed by atoms with E-state index in [1.54, 1.807) is 0 Å². The SMILES string of the molecule is CN=C(NCCCOC1CCOC1)NCC1(c2ccc(Cl)cc2)CC1. The summed E-state index contributed by atoms with van der Waals surface area (Å²) < 4.78 is 11.1. The molecule has 1 aliphatic carbocycles. The molecule has 25 heavy (non-hydrogen) atoms. The number of halogens is 1. The predicted octanol–water partition coefficient (Wildman–Crippen LogP) is 2.73. The highest BCUT2D eigenvalue weighted by molar-refractivity contribution is 6.30. The summed E-state index contributed by atoms with van der Waals surface area (Å²) in [5.41, 5.74) is 1.58. The normalized spacial score (nSPS) is 22.0. The quantitative estimate of drug-likeness (QED) is 0.422. The van der Waals surface area contributed by atoms with Gasteiger partial charge in [-0.25, -0.2) is 0 Å². The van der Waals surface area contributed by atoms with Gasteiger partial charge in [0.1, 0.15) is 0 Å². The molecule has 0 radical (unpaired) electrons. The molecule has 1 aromatic carbocycles. The molecule has 1 saturated carbocycles. The molecular weight excluding hydrogens is 338 g/mol. The Bertz CT molecular complexity index is 567. The molecule has 0 amide bonds. The summed E-state index contributed by atoms with van der Waals surface area (Å²) in [5, 5.41) is 7.61. The van der Waals surface area contributed by atoms with Crippen LogP contribution < -0.4 is 10.6 Å². The second-order valence-corrected chi connectivity index (χ2v) is 7.29. The van der Waals surface area contributed by atoms with E-state index in [0.29, 0.717) is 0 Å². The Balaban J connectivity index is 1.35. The first-order chi connectivity index (χ1) is 12.2. The molecule has 2 N–H and O–H groups in total. The van der Waals surface area contributed by atoms with Crippen molar-refractivity contribution in [3.63, 3.8) is 0 Å². The van der Waals surface area contributed by atoms with Gasteiger partial charge in [-0.15, -0.1) is 0 Å². The van der Waals surface area contributed by atoms with Gasteiger partial charge in [0.05, 0.1) is 12.7 Å². The third kappa shape index (κ3) is 5.33. The van der Waals surface area contributed by atoms with Gasteiger partial charge in [0, 0.05) is 43.8 Å². The van der Waals surface area contributed by atoms with Crippen molar-refractivity contribution in [3.8, 4) is 0 Å². The minimum Gasteiger partial charge on any atom is -0.379 e. The minimum absolute atomic E-state index is 0.230. The van der Waals surface area contributed by atoms with Gasteiger partial charge >= 0.3 is 0 Å². The molecular formula is C19H28ClN3O2. The lowest BCUT2D eigenvalue weighted by Gasteiger charge is -2.19. The summed E-state index contributed by atoms with van der Waals surface area (Å²) in [7, 11) is 1.81. The van der Waals surface area contributed by atoms with Gasteiger partial charge in [-0.05, 0) is 43.4 Å². The largest absolute Gasteiger partial charge is 0.379 e. The maximum atomic E-state index is 5.99. The zero-order chi connectivity index (χ0) is 17.5. The van der Waals surface area contributed by atoms with Crippen LogP contribution in [0.2, 0.25) is 5.02 Å². The Morgan fingerprint density at radius 1 is 1.32 bits per heavy atom. The van der Waals surface area contributed by atoms with E-state index in [0.717, 1.165) is 56.7 Å². The van der Waals surface area contributed by atoms with E-state index in [2.05, 4.69) is 27.8 Å². The molecule has 0 bridgehead atoms. The maximum absolute atomic E-state index is 5.99. The van der Waals surface area contributed by atoms with E-state index in [1.165, 1.54) is 18.4 Å². The standard InChI is InChI=1S/C19H28ClN3O2/c1-21-18(22-10-2-11-25-17-7-12-24-13-17)23-14-19(8-9-19)15-3-5-16(20)6-4-15/h3-6,17H,2,7-14H2,1H3,(H2,21,22,23). The fraction of sp³-hybridized carbons (Fsp3) is 0.632. The Morgan fingerprint density at radius 2 is 2.12 bits per heavy atom. The maximum Gasteiger partial charge on any atom is 0.191 e. The summed E-state index contributed by atoms with van der Waals surface area (Å²) >= 11 is 5.99. The lowest BCUT2D eigenvalue weighted by Crippen LogP contribution is -2.41. The molecule has 138 valence electrons. The average Bonchev–Trinajstić information content (AvgIpc) is 3.24. The third-order valence-electron chi connectivity index (χ3n) is 4.98. The van der Waals surface area contributed by atoms with E-state index in [4.69, 9.17) is 21.1 Å². The van der Waals surface area contributed by atoms with Crippen LogP contribution in [0.1, 0.15) is 31.2 Å². The number of hydrogen-bond donors (Lipinski definition) is 2. The fourth-order valence-corrected chi connectivity index (χ4v) is 3.29. The zero-order valence-electron chi connectivity index (χ0n) is 14.9. The third-order valence-corrected chi connectivity index (χ3v) is 5.23. The molecule has 0 spiro atoms. The van der Waals surface area contributed by atoms with Crippen molar-refractivity contribution in [2.75, 3.05) is 40.0 Å². The van der Waals surface area contributed by atoms with Crippen LogP contribution in [0.5, 0.6) is 0 Å². The Hall–Kier alpha value is -1.30. The van der Waals surface area contributed by atoms with Crippen LogP contribution in [-0.2, 0) is 14.9 Å². The average molecular weight is 366 g/mol. The molecule has 1 atom stereocenters. The number of nitrogens with zero attached hydrogens (tertiary/aromatic N) is 1. The summed E-state index contributed by atoms with van der Waals surface area (Å²) in [6.45, 7) is 4.07. The number of hydrogen-bond acceptors (Lipinski definition) is 3. The highest BCUT2D eigenvalue weighted by Crippen LogP contribution is 2.47. The molecule has 3 rings (SSSR count). The van der Waals surface area contributed by atoms with Crippen molar-refractivity contribution in [2.45, 2.75) is 37.2 Å². The van der Waals surface area contributed by atoms with Gasteiger partial charge in [0.15, 0.2) is 5.96 Å². The second-order valence-electron chi connectivity index (χ2n) is 6.85. The summed E-state index contributed by atoms with van der Waals surface area (Å²) in [4.78, 5) is 4.31. The van der Waals surface area contributed by atoms with Gasteiger partial charge in [0.25, 0.3) is 0 Å². The Kier molecular flexibility index (Phi) is 6.57. The number of aliphatic imine (C=N–C) groups is 1. The minimum atomic E-state index is 0.230. The lowest BCUT2D eigenvalue weighted by molar-refractivity contribution is 0.0420. The van der Waals surface area contributed by atoms with Crippen molar-refractivity contribution in [1.29, 1.82) is 0 Å². The molecule has 2 fully saturated rings. The van der Waals surface area contributed by atoms with Crippen molar-refractivity contribution in [3.05, 3.63) is 34.9 Å². The molecule has 1 unspecified atom stereocenters. The number of guanidine groups is 1. The molecule has 0 aromatic heterocycles. The molecule has 1 heterocycles. The van der Waals surface area contributed by atoms with Crippen LogP contribution in [0.4, 0.5) is 0 Å². The summed E-state index contributed by atoms with van der Waals surface area (Å²) in [6, 6.07) is 8.22. The smallest absolute Gasteiger partial charge is 0.191 e. The van der Waals surface area contributed by atoms with Gasteiger partial charge < -0.3 is 20.1 Å². The lowest BCUT2D eigenvalue weighted by atomic mass is 9.96. The van der Waals surface area contributed by atoms with E-state index in [9.17, 15) is 0 Å². The van der Waals surface area contributed by atoms with Crippen LogP contribution in [0.25, 0.3) is 0 Å². The second kappa shape index (κ2) is 8.88. The summed E-state index contributed by atoms with van der Waals surface area (Å²) in [6.07, 6.45) is 4.67. The first kappa shape index (κ1) is 18.5. The monoisotopic (exact) mass is 365 g/mol. The van der Waals surface area contributed by atoms with Gasteiger partial charge in [0.2, 0.25) is 0 Å². The van der Waals surface area contributed by atoms with Gasteiger partial charge in [-0.2, -0.15) is 0 Å². The summed E-state index contributed by atoms with van der Waals surface area (Å²) in [5.74, 6) is 0.851. The Labute approximate surface area is 155 Å². The van der Waals surface area contributed by atoms with Crippen LogP contribution >= 0.6 is 11.6 Å². The highest BCUT2D eigenvalue weighted by Gasteiger charge is 2.44. The zero-order valence-corrected chi connectivity index (χ0v) is 15.6. The number of nitrogens with one attached hydrogen (secondary N) is 2. The Morgan fingerprint density at radius 3 is 2.76 bits per heavy atom. The highest BCUT2D eigenvalue weighted by atomic mass is 35.5. The van der Waals surface area contributed by atoms with E-state index < -0.39 is 0 Å². The van der Waals surface area contributed by atoms with E-state index in [-0.39, 0.29) is 11.5 Å². The first-order valence-electron chi connectivity index (χ1n) is 9.12. The van der Waals surface area contributed by atoms with E-state index in [1.807, 2.05) is 19.2 Å². The van der Waals surface area contributed by atoms with Crippen LogP contribution in [0.3, 0.4) is 0 Å². The molecule has 1 saturated heterocycles. The van der Waals surface area contributed by atoms with Crippen molar-refractivity contribution >= 4 is 17.6 Å². The molecule has 1 aromatic rings. The topological polar surface area (TPSA) is 54.9 Å². The number of rotatable bonds is 8. The van der Waals surface area contributed by atoms with Crippen LogP contribution in [-0.4, -0.2) is 52.0 Å². The van der Waals surface area contributed by atoms with Crippen LogP contribution in [0, 0.1) is 0 Å². The predicted molar refractivity (Wildman–Crippen MR) is 102 cm³/mol. The van der Waals surface area contributed by atoms with Crippen LogP contribution in [0.15, 0.2) is 29.3 Å². The molecule has 1 aliphatic heterocycles. The molecule has 5 nitrogen and oxygen atoms in total. The van der Waals surface area contributed by atoms with Gasteiger partial charge in [-0.1, -0.05) is 23.7 Å². The van der Waals surface area contributed by atoms with Crippen molar-refractivity contribution in [1.82, 2.24) is 10.6 Å². The molecule has 6 heteroatoms. The molecule has 2 aliphatic rings. The van der Waals surface area contributed by atoms with E-state index >= 15 is 0 Å². The first-order valence-corrected chi connectivity index (χ1v) is 9.50. The number of benzene rings is 1. The van der Waals surface area contributed by atoms with Crippen molar-refractivity contribution in [2.24, 2.45) is 4.99 Å². The van der Waals surface area contributed by atoms with Crippen molar-refractivity contribution < 1.29 is 9.47 Å². The van der Waals surface area contributed by atoms with Gasteiger partial charge in [-0.3, -0.25) is 4.99 Å². The number of ether oxygens (including phenoxy) is 2.